The Kier molecular flexibility index (Phi) is 9.29. The summed E-state index contributed by atoms with van der Waals surface area (Å²) in [4.78, 5) is 10.0. The van der Waals surface area contributed by atoms with Crippen LogP contribution in [0.4, 0.5) is 0 Å². The van der Waals surface area contributed by atoms with E-state index in [1.165, 1.54) is 6.92 Å². The molecule has 0 aromatic rings. The maximum atomic E-state index is 10.0. The third kappa shape index (κ3) is 42.6. The molecule has 3 nitrogen and oxygen atoms in total. The number of hydrogen-bond donors (Lipinski definition) is 0. The molecular weight excluding hydrogens is 164 g/mol. The van der Waals surface area contributed by atoms with Crippen LogP contribution in [0.15, 0.2) is 0 Å². The Morgan fingerprint density at radius 1 is 1.36 bits per heavy atom. The zero-order valence-corrected chi connectivity index (χ0v) is 8.53. The molecular formula is C7H16O3S. The molecule has 0 heterocycles. The lowest BCUT2D eigenvalue weighted by atomic mass is 10.5. The molecule has 0 saturated carbocycles. The van der Waals surface area contributed by atoms with Crippen molar-refractivity contribution >= 4 is 16.8 Å². The fourth-order valence-corrected chi connectivity index (χ4v) is 0.332. The largest absolute Gasteiger partial charge is 0.463 e. The molecule has 0 N–H and O–H groups in total. The van der Waals surface area contributed by atoms with Gasteiger partial charge in [0, 0.05) is 30.2 Å². The molecule has 0 unspecified atom stereocenters. The predicted octanol–water partition coefficient (Wildman–Crippen LogP) is 0.953. The Labute approximate surface area is 70.6 Å². The van der Waals surface area contributed by atoms with Gasteiger partial charge < -0.3 is 4.74 Å². The molecule has 0 aromatic carbocycles. The van der Waals surface area contributed by atoms with Gasteiger partial charge >= 0.3 is 5.97 Å². The Balaban J connectivity index is 0. The molecule has 4 heteroatoms. The normalized spacial score (nSPS) is 9.00. The fourth-order valence-electron chi connectivity index (χ4n) is 0.332. The van der Waals surface area contributed by atoms with Crippen LogP contribution in [0.25, 0.3) is 0 Å². The minimum atomic E-state index is -0.611. The van der Waals surface area contributed by atoms with Gasteiger partial charge in [0.05, 0.1) is 6.10 Å². The standard InChI is InChI=1S/C5H10O2.C2H6OS/c1-4(2)7-5(3)6;1-4(2)3/h4H,1-3H3;1-2H3. The summed E-state index contributed by atoms with van der Waals surface area (Å²) in [6.07, 6.45) is 3.30. The van der Waals surface area contributed by atoms with Crippen LogP contribution in [0.1, 0.15) is 20.8 Å². The van der Waals surface area contributed by atoms with Crippen molar-refractivity contribution in [3.05, 3.63) is 0 Å². The quantitative estimate of drug-likeness (QED) is 0.564. The van der Waals surface area contributed by atoms with E-state index in [-0.39, 0.29) is 12.1 Å². The molecule has 0 atom stereocenters. The highest BCUT2D eigenvalue weighted by atomic mass is 32.2. The Hall–Kier alpha value is -0.380. The van der Waals surface area contributed by atoms with Crippen molar-refractivity contribution in [1.82, 2.24) is 0 Å². The van der Waals surface area contributed by atoms with Crippen LogP contribution in [0, 0.1) is 0 Å². The van der Waals surface area contributed by atoms with E-state index >= 15 is 0 Å². The predicted molar refractivity (Wildman–Crippen MR) is 46.9 cm³/mol. The van der Waals surface area contributed by atoms with Crippen LogP contribution < -0.4 is 0 Å². The van der Waals surface area contributed by atoms with Gasteiger partial charge in [0.2, 0.25) is 0 Å². The van der Waals surface area contributed by atoms with E-state index < -0.39 is 10.8 Å². The van der Waals surface area contributed by atoms with Gasteiger partial charge in [-0.1, -0.05) is 0 Å². The first-order chi connectivity index (χ1) is 4.86. The molecule has 11 heavy (non-hydrogen) atoms. The summed E-state index contributed by atoms with van der Waals surface area (Å²) in [7, 11) is -0.611. The first-order valence-corrected chi connectivity index (χ1v) is 5.25. The van der Waals surface area contributed by atoms with E-state index in [4.69, 9.17) is 0 Å². The summed E-state index contributed by atoms with van der Waals surface area (Å²) in [5.41, 5.74) is 0. The van der Waals surface area contributed by atoms with Crippen molar-refractivity contribution in [1.29, 1.82) is 0 Å². The van der Waals surface area contributed by atoms with Gasteiger partial charge in [0.15, 0.2) is 0 Å². The van der Waals surface area contributed by atoms with E-state index in [0.717, 1.165) is 0 Å². The lowest BCUT2D eigenvalue weighted by Crippen LogP contribution is -2.06. The van der Waals surface area contributed by atoms with Gasteiger partial charge in [0.1, 0.15) is 0 Å². The summed E-state index contributed by atoms with van der Waals surface area (Å²) in [5.74, 6) is -0.213. The SMILES string of the molecule is CC(=O)OC(C)C.CS(C)=O. The molecule has 0 fully saturated rings. The van der Waals surface area contributed by atoms with E-state index in [1.54, 1.807) is 12.5 Å². The number of esters is 1. The molecule has 68 valence electrons. The smallest absolute Gasteiger partial charge is 0.302 e. The zero-order chi connectivity index (χ0) is 9.44. The van der Waals surface area contributed by atoms with Crippen LogP contribution in [0.3, 0.4) is 0 Å². The number of carbonyl (C=O) groups is 1. The Bertz CT molecular complexity index is 128. The molecule has 0 aliphatic carbocycles. The third-order valence-corrected chi connectivity index (χ3v) is 0.402. The maximum absolute atomic E-state index is 10.0. The topological polar surface area (TPSA) is 43.4 Å². The highest BCUT2D eigenvalue weighted by molar-refractivity contribution is 7.83. The minimum Gasteiger partial charge on any atom is -0.463 e. The number of rotatable bonds is 1. The Morgan fingerprint density at radius 3 is 1.64 bits per heavy atom. The van der Waals surface area contributed by atoms with Gasteiger partial charge in [-0.3, -0.25) is 9.00 Å². The Morgan fingerprint density at radius 2 is 1.64 bits per heavy atom. The lowest BCUT2D eigenvalue weighted by molar-refractivity contribution is -0.144. The molecule has 0 radical (unpaired) electrons. The van der Waals surface area contributed by atoms with Gasteiger partial charge in [0.25, 0.3) is 0 Å². The van der Waals surface area contributed by atoms with Crippen molar-refractivity contribution in [3.63, 3.8) is 0 Å². The summed E-state index contributed by atoms with van der Waals surface area (Å²) < 4.78 is 14.2. The number of ether oxygens (including phenoxy) is 1. The summed E-state index contributed by atoms with van der Waals surface area (Å²) in [6, 6.07) is 0. The second-order valence-corrected chi connectivity index (χ2v) is 3.88. The third-order valence-electron chi connectivity index (χ3n) is 0.402. The van der Waals surface area contributed by atoms with E-state index in [1.807, 2.05) is 13.8 Å². The number of hydrogen-bond acceptors (Lipinski definition) is 3. The van der Waals surface area contributed by atoms with Crippen LogP contribution in [0.2, 0.25) is 0 Å². The first kappa shape index (κ1) is 13.2. The van der Waals surface area contributed by atoms with Crippen LogP contribution >= 0.6 is 0 Å². The van der Waals surface area contributed by atoms with Gasteiger partial charge in [-0.25, -0.2) is 0 Å². The molecule has 0 spiro atoms. The average Bonchev–Trinajstić information content (AvgIpc) is 1.56. The van der Waals surface area contributed by atoms with Crippen molar-refractivity contribution in [2.75, 3.05) is 12.5 Å². The zero-order valence-electron chi connectivity index (χ0n) is 7.71. The maximum Gasteiger partial charge on any atom is 0.302 e. The highest BCUT2D eigenvalue weighted by Gasteiger charge is 1.93. The molecule has 0 aromatic heterocycles. The molecule has 0 rings (SSSR count). The van der Waals surface area contributed by atoms with E-state index in [9.17, 15) is 9.00 Å². The number of carbonyl (C=O) groups excluding carboxylic acids is 1. The van der Waals surface area contributed by atoms with Gasteiger partial charge in [-0.15, -0.1) is 0 Å². The molecule has 0 saturated heterocycles. The first-order valence-electron chi connectivity index (χ1n) is 3.28. The van der Waals surface area contributed by atoms with E-state index in [2.05, 4.69) is 4.74 Å². The summed E-state index contributed by atoms with van der Waals surface area (Å²) in [6.45, 7) is 5.04. The second-order valence-electron chi connectivity index (χ2n) is 2.40. The molecule has 0 aliphatic heterocycles. The van der Waals surface area contributed by atoms with Crippen molar-refractivity contribution in [2.24, 2.45) is 0 Å². The van der Waals surface area contributed by atoms with Crippen molar-refractivity contribution < 1.29 is 13.7 Å². The lowest BCUT2D eigenvalue weighted by Gasteiger charge is -2.01. The monoisotopic (exact) mass is 180 g/mol. The second kappa shape index (κ2) is 7.72. The van der Waals surface area contributed by atoms with Crippen LogP contribution in [-0.2, 0) is 20.3 Å². The van der Waals surface area contributed by atoms with E-state index in [0.29, 0.717) is 0 Å². The minimum absolute atomic E-state index is 0.0255. The summed E-state index contributed by atoms with van der Waals surface area (Å²) in [5, 5.41) is 0. The molecule has 0 amide bonds. The fraction of sp³-hybridized carbons (Fsp3) is 0.857. The highest BCUT2D eigenvalue weighted by Crippen LogP contribution is 1.85. The molecule has 0 bridgehead atoms. The van der Waals surface area contributed by atoms with Crippen LogP contribution in [-0.4, -0.2) is 28.8 Å². The van der Waals surface area contributed by atoms with Crippen molar-refractivity contribution in [2.45, 2.75) is 26.9 Å². The van der Waals surface area contributed by atoms with Crippen molar-refractivity contribution in [3.8, 4) is 0 Å². The van der Waals surface area contributed by atoms with Gasteiger partial charge in [-0.2, -0.15) is 0 Å². The molecule has 0 aliphatic rings. The average molecular weight is 180 g/mol. The van der Waals surface area contributed by atoms with Crippen LogP contribution in [0.5, 0.6) is 0 Å². The van der Waals surface area contributed by atoms with Gasteiger partial charge in [-0.05, 0) is 13.8 Å². The summed E-state index contributed by atoms with van der Waals surface area (Å²) >= 11 is 0.